The smallest absolute Gasteiger partial charge is 0.226 e. The number of piperidine rings is 1. The van der Waals surface area contributed by atoms with Gasteiger partial charge in [0.2, 0.25) is 11.8 Å². The Labute approximate surface area is 301 Å². The summed E-state index contributed by atoms with van der Waals surface area (Å²) in [6.45, 7) is 4.33. The van der Waals surface area contributed by atoms with Crippen LogP contribution in [0.25, 0.3) is 0 Å². The number of hydrogen-bond acceptors (Lipinski definition) is 5. The Kier molecular flexibility index (Phi) is 12.5. The van der Waals surface area contributed by atoms with E-state index in [0.29, 0.717) is 38.2 Å². The maximum absolute atomic E-state index is 14.4. The van der Waals surface area contributed by atoms with Crippen LogP contribution in [0.2, 0.25) is 0 Å². The molecular formula is C42H52FN5O3. The number of ether oxygens (including phenoxy) is 1. The van der Waals surface area contributed by atoms with E-state index in [1.54, 1.807) is 25.4 Å². The van der Waals surface area contributed by atoms with Crippen molar-refractivity contribution in [3.05, 3.63) is 114 Å². The number of nitrogens with one attached hydrogen (secondary N) is 1. The fraction of sp³-hybridized carbons (Fsp3) is 0.476. The van der Waals surface area contributed by atoms with Gasteiger partial charge in [0.15, 0.2) is 0 Å². The van der Waals surface area contributed by atoms with Crippen molar-refractivity contribution in [2.24, 2.45) is 17.3 Å². The Morgan fingerprint density at radius 3 is 2.24 bits per heavy atom. The minimum atomic E-state index is -0.286. The van der Waals surface area contributed by atoms with Crippen LogP contribution in [0, 0.1) is 23.1 Å². The third kappa shape index (κ3) is 10.3. The molecule has 0 radical (unpaired) electrons. The van der Waals surface area contributed by atoms with Gasteiger partial charge in [-0.05, 0) is 104 Å². The van der Waals surface area contributed by atoms with Gasteiger partial charge in [-0.2, -0.15) is 5.10 Å². The highest BCUT2D eigenvalue weighted by Gasteiger charge is 2.43. The van der Waals surface area contributed by atoms with E-state index in [1.165, 1.54) is 44.2 Å². The molecule has 1 aliphatic carbocycles. The van der Waals surface area contributed by atoms with Gasteiger partial charge < -0.3 is 15.0 Å². The number of amides is 2. The van der Waals surface area contributed by atoms with Crippen molar-refractivity contribution in [1.29, 1.82) is 0 Å². The summed E-state index contributed by atoms with van der Waals surface area (Å²) in [7, 11) is 0. The zero-order valence-electron chi connectivity index (χ0n) is 29.9. The predicted octanol–water partition coefficient (Wildman–Crippen LogP) is 7.57. The zero-order valence-corrected chi connectivity index (χ0v) is 29.9. The van der Waals surface area contributed by atoms with Gasteiger partial charge in [-0.3, -0.25) is 14.3 Å². The molecule has 1 saturated carbocycles. The predicted molar refractivity (Wildman–Crippen MR) is 196 cm³/mol. The molecule has 4 aromatic rings. The minimum absolute atomic E-state index is 0.0910. The Hall–Kier alpha value is -4.53. The number of hydrogen-bond donors (Lipinski definition) is 1. The fourth-order valence-corrected chi connectivity index (χ4v) is 8.36. The highest BCUT2D eigenvalue weighted by atomic mass is 19.1. The van der Waals surface area contributed by atoms with Crippen molar-refractivity contribution in [2.45, 2.75) is 96.7 Å². The summed E-state index contributed by atoms with van der Waals surface area (Å²) < 4.78 is 21.8. The molecule has 8 nitrogen and oxygen atoms in total. The van der Waals surface area contributed by atoms with Gasteiger partial charge in [0.1, 0.15) is 30.8 Å². The maximum atomic E-state index is 14.4. The molecule has 270 valence electrons. The van der Waals surface area contributed by atoms with Gasteiger partial charge >= 0.3 is 0 Å². The number of rotatable bonds is 15. The zero-order chi connectivity index (χ0) is 35.5. The molecule has 2 heterocycles. The van der Waals surface area contributed by atoms with E-state index < -0.39 is 0 Å². The van der Waals surface area contributed by atoms with E-state index in [2.05, 4.69) is 20.3 Å². The number of carbonyl (C=O) groups excluding carboxylic acids is 2. The number of halogens is 1. The molecule has 2 fully saturated rings. The molecule has 0 spiro atoms. The molecule has 2 amide bonds. The summed E-state index contributed by atoms with van der Waals surface area (Å²) in [4.78, 5) is 33.0. The molecule has 3 aromatic carbocycles. The molecule has 9 heteroatoms. The van der Waals surface area contributed by atoms with Crippen LogP contribution in [-0.4, -0.2) is 50.6 Å². The summed E-state index contributed by atoms with van der Waals surface area (Å²) >= 11 is 0. The summed E-state index contributed by atoms with van der Waals surface area (Å²) in [6, 6.07) is 24.5. The highest BCUT2D eigenvalue weighted by Crippen LogP contribution is 2.47. The van der Waals surface area contributed by atoms with Crippen LogP contribution >= 0.6 is 0 Å². The number of likely N-dealkylation sites (tertiary alicyclic amines) is 1. The molecule has 6 rings (SSSR count). The van der Waals surface area contributed by atoms with Crippen molar-refractivity contribution in [1.82, 2.24) is 25.0 Å². The van der Waals surface area contributed by atoms with Crippen molar-refractivity contribution in [2.75, 3.05) is 13.1 Å². The Balaban J connectivity index is 1.12. The van der Waals surface area contributed by atoms with Crippen LogP contribution in [-0.2, 0) is 35.6 Å². The van der Waals surface area contributed by atoms with Crippen molar-refractivity contribution in [3.63, 3.8) is 0 Å². The van der Waals surface area contributed by atoms with Gasteiger partial charge in [-0.1, -0.05) is 73.9 Å². The van der Waals surface area contributed by atoms with Gasteiger partial charge in [-0.25, -0.2) is 9.37 Å². The van der Waals surface area contributed by atoms with Crippen LogP contribution in [0.1, 0.15) is 81.4 Å². The molecule has 2 atom stereocenters. The fourth-order valence-electron chi connectivity index (χ4n) is 8.36. The van der Waals surface area contributed by atoms with Gasteiger partial charge in [0.25, 0.3) is 0 Å². The third-order valence-corrected chi connectivity index (χ3v) is 11.2. The first kappa shape index (κ1) is 36.3. The summed E-state index contributed by atoms with van der Waals surface area (Å²) in [5, 5.41) is 7.61. The number of benzene rings is 3. The van der Waals surface area contributed by atoms with Crippen LogP contribution in [0.15, 0.2) is 91.5 Å². The Morgan fingerprint density at radius 1 is 0.882 bits per heavy atom. The van der Waals surface area contributed by atoms with E-state index in [9.17, 15) is 14.0 Å². The lowest BCUT2D eigenvalue weighted by atomic mass is 9.63. The van der Waals surface area contributed by atoms with E-state index in [-0.39, 0.29) is 35.0 Å². The van der Waals surface area contributed by atoms with Crippen molar-refractivity contribution in [3.8, 4) is 5.75 Å². The van der Waals surface area contributed by atoms with Gasteiger partial charge in [-0.15, -0.1) is 0 Å². The quantitative estimate of drug-likeness (QED) is 0.139. The van der Waals surface area contributed by atoms with E-state index in [4.69, 9.17) is 4.74 Å². The topological polar surface area (TPSA) is 89.4 Å². The normalized spacial score (nSPS) is 17.4. The Bertz CT molecular complexity index is 1650. The Morgan fingerprint density at radius 2 is 1.57 bits per heavy atom. The highest BCUT2D eigenvalue weighted by molar-refractivity contribution is 5.79. The average molecular weight is 694 g/mol. The second-order valence-electron chi connectivity index (χ2n) is 14.7. The summed E-state index contributed by atoms with van der Waals surface area (Å²) in [6.07, 6.45) is 14.1. The molecular weight excluding hydrogens is 641 g/mol. The first-order valence-corrected chi connectivity index (χ1v) is 18.7. The second kappa shape index (κ2) is 17.6. The standard InChI is InChI=1S/C42H52FN5O3/c1-32(49)46-39(27-34-14-20-40(21-15-34)51-28-35-8-4-2-5-9-35)19-16-36(26-33-12-17-38(43)18-13-33)41(50)47-24-22-42(23-25-47,29-48-31-44-30-45-48)37-10-6-3-7-11-37/h2,4-5,8-9,12-15,17-18,20-21,30-31,36-37,39H,3,6-7,10-11,16,19,22-29H2,1H3,(H,46,49). The number of aromatic nitrogens is 3. The molecule has 1 N–H and O–H groups in total. The van der Waals surface area contributed by atoms with Crippen LogP contribution in [0.3, 0.4) is 0 Å². The lowest BCUT2D eigenvalue weighted by Gasteiger charge is -2.48. The molecule has 2 aliphatic rings. The minimum Gasteiger partial charge on any atom is -0.489 e. The van der Waals surface area contributed by atoms with Crippen molar-refractivity contribution >= 4 is 11.8 Å². The van der Waals surface area contributed by atoms with E-state index in [0.717, 1.165) is 54.9 Å². The molecule has 1 aliphatic heterocycles. The van der Waals surface area contributed by atoms with E-state index >= 15 is 0 Å². The summed E-state index contributed by atoms with van der Waals surface area (Å²) in [5.74, 6) is 0.916. The second-order valence-corrected chi connectivity index (χ2v) is 14.7. The summed E-state index contributed by atoms with van der Waals surface area (Å²) in [5.41, 5.74) is 3.24. The lowest BCUT2D eigenvalue weighted by Crippen LogP contribution is -2.50. The largest absolute Gasteiger partial charge is 0.489 e. The average Bonchev–Trinajstić information content (AvgIpc) is 3.67. The van der Waals surface area contributed by atoms with Crippen LogP contribution in [0.4, 0.5) is 4.39 Å². The maximum Gasteiger partial charge on any atom is 0.226 e. The lowest BCUT2D eigenvalue weighted by molar-refractivity contribution is -0.139. The van der Waals surface area contributed by atoms with Gasteiger partial charge in [0.05, 0.1) is 0 Å². The number of carbonyl (C=O) groups is 2. The third-order valence-electron chi connectivity index (χ3n) is 11.2. The number of nitrogens with zero attached hydrogens (tertiary/aromatic N) is 4. The molecule has 1 aromatic heterocycles. The molecule has 0 bridgehead atoms. The SMILES string of the molecule is CC(=O)NC(CCC(Cc1ccc(F)cc1)C(=O)N1CCC(Cn2cncn2)(C2CCCCC2)CC1)Cc1ccc(OCc2ccccc2)cc1. The molecule has 1 saturated heterocycles. The van der Waals surface area contributed by atoms with Gasteiger partial charge in [0, 0.05) is 38.5 Å². The first-order valence-electron chi connectivity index (χ1n) is 18.7. The molecule has 2 unspecified atom stereocenters. The first-order chi connectivity index (χ1) is 24.8. The monoisotopic (exact) mass is 693 g/mol. The van der Waals surface area contributed by atoms with Crippen molar-refractivity contribution < 1.29 is 18.7 Å². The van der Waals surface area contributed by atoms with Crippen LogP contribution < -0.4 is 10.1 Å². The van der Waals surface area contributed by atoms with Crippen LogP contribution in [0.5, 0.6) is 5.75 Å². The molecule has 51 heavy (non-hydrogen) atoms. The van der Waals surface area contributed by atoms with E-state index in [1.807, 2.05) is 65.6 Å².